The highest BCUT2D eigenvalue weighted by atomic mass is 19.3. The molecule has 0 saturated carbocycles. The van der Waals surface area contributed by atoms with Crippen molar-refractivity contribution in [3.05, 3.63) is 96.3 Å². The van der Waals surface area contributed by atoms with Crippen LogP contribution in [0.5, 0.6) is 0 Å². The van der Waals surface area contributed by atoms with E-state index < -0.39 is 12.0 Å². The van der Waals surface area contributed by atoms with E-state index in [-0.39, 0.29) is 31.1 Å². The predicted molar refractivity (Wildman–Crippen MR) is 139 cm³/mol. The maximum Gasteiger partial charge on any atom is 0.274 e. The Morgan fingerprint density at radius 2 is 1.92 bits per heavy atom. The molecule has 1 fully saturated rings. The number of rotatable bonds is 6. The number of benzene rings is 2. The summed E-state index contributed by atoms with van der Waals surface area (Å²) in [6.07, 6.45) is 4.92. The fraction of sp³-hybridized carbons (Fsp3) is 0.250. The number of anilines is 1. The molecule has 4 aromatic rings. The molecular weight excluding hydrogens is 474 g/mol. The number of nitrogens with two attached hydrogens (primary N) is 1. The lowest BCUT2D eigenvalue weighted by molar-refractivity contribution is -0.0738. The lowest BCUT2D eigenvalue weighted by Gasteiger charge is -2.36. The number of amides is 1. The van der Waals surface area contributed by atoms with Crippen molar-refractivity contribution in [1.82, 2.24) is 19.4 Å². The molecule has 0 spiro atoms. The molecule has 0 bridgehead atoms. The summed E-state index contributed by atoms with van der Waals surface area (Å²) in [4.78, 5) is 23.6. The van der Waals surface area contributed by atoms with Crippen LogP contribution in [0.1, 0.15) is 28.2 Å². The number of alkyl halides is 2. The third-order valence-corrected chi connectivity index (χ3v) is 6.51. The van der Waals surface area contributed by atoms with Crippen LogP contribution in [0, 0.1) is 6.92 Å². The first kappa shape index (κ1) is 24.7. The molecule has 7 nitrogen and oxygen atoms in total. The SMILES string of the molecule is Cc1cn(-c2cc(CN3CCC(F)(F)[C@H](N)C3)cc(NC(=O)c3cc(-c4ccccc4)ccn3)c2)cn1. The Balaban J connectivity index is 1.41. The van der Waals surface area contributed by atoms with Crippen molar-refractivity contribution in [2.45, 2.75) is 31.9 Å². The van der Waals surface area contributed by atoms with Crippen LogP contribution in [-0.2, 0) is 6.54 Å². The second-order valence-corrected chi connectivity index (χ2v) is 9.41. The number of pyridine rings is 1. The van der Waals surface area contributed by atoms with Gasteiger partial charge in [-0.05, 0) is 53.9 Å². The van der Waals surface area contributed by atoms with E-state index in [4.69, 9.17) is 5.73 Å². The molecule has 3 heterocycles. The monoisotopic (exact) mass is 502 g/mol. The van der Waals surface area contributed by atoms with E-state index in [0.717, 1.165) is 28.1 Å². The van der Waals surface area contributed by atoms with Crippen LogP contribution >= 0.6 is 0 Å². The molecule has 0 unspecified atom stereocenters. The molecule has 3 N–H and O–H groups in total. The van der Waals surface area contributed by atoms with E-state index in [1.807, 2.05) is 77.2 Å². The number of carbonyl (C=O) groups excluding carboxylic acids is 1. The molecule has 1 aliphatic rings. The van der Waals surface area contributed by atoms with Gasteiger partial charge in [0.15, 0.2) is 0 Å². The minimum Gasteiger partial charge on any atom is -0.322 e. The van der Waals surface area contributed by atoms with Crippen LogP contribution in [0.2, 0.25) is 0 Å². The summed E-state index contributed by atoms with van der Waals surface area (Å²) in [7, 11) is 0. The second kappa shape index (κ2) is 10.2. The van der Waals surface area contributed by atoms with Crippen LogP contribution in [0.15, 0.2) is 79.4 Å². The molecule has 190 valence electrons. The number of nitrogens with one attached hydrogen (secondary N) is 1. The van der Waals surface area contributed by atoms with Crippen LogP contribution in [0.3, 0.4) is 0 Å². The van der Waals surface area contributed by atoms with E-state index in [1.165, 1.54) is 0 Å². The first-order valence-electron chi connectivity index (χ1n) is 12.1. The van der Waals surface area contributed by atoms with Crippen molar-refractivity contribution in [2.75, 3.05) is 18.4 Å². The Morgan fingerprint density at radius 3 is 2.65 bits per heavy atom. The highest BCUT2D eigenvalue weighted by molar-refractivity contribution is 6.03. The van der Waals surface area contributed by atoms with Gasteiger partial charge >= 0.3 is 0 Å². The van der Waals surface area contributed by atoms with E-state index in [0.29, 0.717) is 12.2 Å². The molecule has 5 rings (SSSR count). The zero-order valence-corrected chi connectivity index (χ0v) is 20.4. The van der Waals surface area contributed by atoms with Gasteiger partial charge < -0.3 is 15.6 Å². The number of nitrogens with zero attached hydrogens (tertiary/aromatic N) is 4. The summed E-state index contributed by atoms with van der Waals surface area (Å²) in [5.41, 5.74) is 11.0. The fourth-order valence-electron chi connectivity index (χ4n) is 4.51. The maximum atomic E-state index is 13.9. The first-order valence-corrected chi connectivity index (χ1v) is 12.1. The van der Waals surface area contributed by atoms with E-state index in [1.54, 1.807) is 18.6 Å². The zero-order valence-electron chi connectivity index (χ0n) is 20.4. The topological polar surface area (TPSA) is 89.1 Å². The average molecular weight is 503 g/mol. The summed E-state index contributed by atoms with van der Waals surface area (Å²) < 4.78 is 29.6. The molecule has 37 heavy (non-hydrogen) atoms. The molecule has 9 heteroatoms. The van der Waals surface area contributed by atoms with Gasteiger partial charge in [-0.1, -0.05) is 30.3 Å². The molecule has 0 aliphatic carbocycles. The second-order valence-electron chi connectivity index (χ2n) is 9.41. The molecule has 2 aromatic carbocycles. The summed E-state index contributed by atoms with van der Waals surface area (Å²) in [5.74, 6) is -3.20. The van der Waals surface area contributed by atoms with Crippen LogP contribution in [0.25, 0.3) is 16.8 Å². The first-order chi connectivity index (χ1) is 17.8. The number of halogens is 2. The van der Waals surface area contributed by atoms with Gasteiger partial charge in [0.1, 0.15) is 5.69 Å². The third kappa shape index (κ3) is 5.73. The van der Waals surface area contributed by atoms with Crippen molar-refractivity contribution in [1.29, 1.82) is 0 Å². The standard InChI is InChI=1S/C28H28F2N6O/c1-19-15-36(18-33-19)24-12-20(16-35-10-8-28(29,30)26(31)17-35)11-23(14-24)34-27(37)25-13-22(7-9-32-25)21-5-3-2-4-6-21/h2-7,9,11-15,18,26H,8,10,16-17,31H2,1H3,(H,34,37)/t26-/m1/s1. The average Bonchev–Trinajstić information content (AvgIpc) is 3.33. The maximum absolute atomic E-state index is 13.9. The summed E-state index contributed by atoms with van der Waals surface area (Å²) in [5, 5.41) is 2.95. The highest BCUT2D eigenvalue weighted by Gasteiger charge is 2.41. The van der Waals surface area contributed by atoms with Crippen molar-refractivity contribution >= 4 is 11.6 Å². The molecule has 1 aliphatic heterocycles. The molecular formula is C28H28F2N6O. The number of imidazole rings is 1. The van der Waals surface area contributed by atoms with Gasteiger partial charge in [-0.25, -0.2) is 13.8 Å². The number of carbonyl (C=O) groups is 1. The fourth-order valence-corrected chi connectivity index (χ4v) is 4.51. The summed E-state index contributed by atoms with van der Waals surface area (Å²) in [6, 6.07) is 17.8. The van der Waals surface area contributed by atoms with Crippen molar-refractivity contribution in [3.8, 4) is 16.8 Å². The molecule has 1 atom stereocenters. The van der Waals surface area contributed by atoms with Gasteiger partial charge in [0.2, 0.25) is 0 Å². The molecule has 1 saturated heterocycles. The van der Waals surface area contributed by atoms with Gasteiger partial charge in [-0.2, -0.15) is 0 Å². The smallest absolute Gasteiger partial charge is 0.274 e. The van der Waals surface area contributed by atoms with E-state index in [9.17, 15) is 13.6 Å². The number of hydrogen-bond acceptors (Lipinski definition) is 5. The molecule has 1 amide bonds. The largest absolute Gasteiger partial charge is 0.322 e. The van der Waals surface area contributed by atoms with Crippen molar-refractivity contribution in [2.24, 2.45) is 5.73 Å². The van der Waals surface area contributed by atoms with Crippen LogP contribution in [0.4, 0.5) is 14.5 Å². The summed E-state index contributed by atoms with van der Waals surface area (Å²) >= 11 is 0. The van der Waals surface area contributed by atoms with E-state index >= 15 is 0 Å². The number of likely N-dealkylation sites (tertiary alicyclic amines) is 1. The Labute approximate surface area is 214 Å². The minimum atomic E-state index is -2.85. The lowest BCUT2D eigenvalue weighted by Crippen LogP contribution is -2.54. The van der Waals surface area contributed by atoms with Gasteiger partial charge in [0.05, 0.1) is 18.1 Å². The van der Waals surface area contributed by atoms with Gasteiger partial charge in [-0.3, -0.25) is 14.7 Å². The quantitative estimate of drug-likeness (QED) is 0.400. The van der Waals surface area contributed by atoms with E-state index in [2.05, 4.69) is 15.3 Å². The molecule has 0 radical (unpaired) electrons. The number of hydrogen-bond donors (Lipinski definition) is 2. The Morgan fingerprint density at radius 1 is 1.11 bits per heavy atom. The van der Waals surface area contributed by atoms with Crippen molar-refractivity contribution in [3.63, 3.8) is 0 Å². The minimum absolute atomic E-state index is 0.0965. The molecule has 2 aromatic heterocycles. The van der Waals surface area contributed by atoms with Gasteiger partial charge in [0, 0.05) is 49.8 Å². The number of piperidine rings is 1. The van der Waals surface area contributed by atoms with Crippen LogP contribution < -0.4 is 11.1 Å². The van der Waals surface area contributed by atoms with Gasteiger partial charge in [-0.15, -0.1) is 0 Å². The zero-order chi connectivity index (χ0) is 26.0. The Kier molecular flexibility index (Phi) is 6.82. The number of aryl methyl sites for hydroxylation is 1. The summed E-state index contributed by atoms with van der Waals surface area (Å²) in [6.45, 7) is 2.66. The van der Waals surface area contributed by atoms with Crippen molar-refractivity contribution < 1.29 is 13.6 Å². The normalized spacial score (nSPS) is 17.5. The Bertz CT molecular complexity index is 1400. The van der Waals surface area contributed by atoms with Gasteiger partial charge in [0.25, 0.3) is 11.8 Å². The highest BCUT2D eigenvalue weighted by Crippen LogP contribution is 2.29. The predicted octanol–water partition coefficient (Wildman–Crippen LogP) is 4.66. The third-order valence-electron chi connectivity index (χ3n) is 6.51. The Hall–Kier alpha value is -3.95. The lowest BCUT2D eigenvalue weighted by atomic mass is 10.0. The number of aromatic nitrogens is 3. The van der Waals surface area contributed by atoms with Crippen LogP contribution in [-0.4, -0.2) is 50.4 Å².